The molecular weight excluding hydrogens is 338 g/mol. The van der Waals surface area contributed by atoms with Gasteiger partial charge in [-0.3, -0.25) is 0 Å². The fourth-order valence-corrected chi connectivity index (χ4v) is 4.15. The van der Waals surface area contributed by atoms with Crippen molar-refractivity contribution in [1.29, 1.82) is 0 Å². The molecule has 0 unspecified atom stereocenters. The van der Waals surface area contributed by atoms with E-state index in [1.807, 2.05) is 6.07 Å². The van der Waals surface area contributed by atoms with Crippen LogP contribution in [0.2, 0.25) is 0 Å². The highest BCUT2D eigenvalue weighted by Gasteiger charge is 2.37. The Morgan fingerprint density at radius 1 is 1.18 bits per heavy atom. The van der Waals surface area contributed by atoms with E-state index in [2.05, 4.69) is 69.8 Å². The van der Waals surface area contributed by atoms with Crippen LogP contribution in [0.25, 0.3) is 0 Å². The molecule has 0 saturated heterocycles. The van der Waals surface area contributed by atoms with E-state index in [0.29, 0.717) is 17.9 Å². The summed E-state index contributed by atoms with van der Waals surface area (Å²) in [6, 6.07) is 15.3. The van der Waals surface area contributed by atoms with Crippen molar-refractivity contribution in [1.82, 2.24) is 0 Å². The molecule has 0 aromatic heterocycles. The Bertz CT molecular complexity index is 740. The van der Waals surface area contributed by atoms with Crippen molar-refractivity contribution in [3.8, 4) is 5.75 Å². The SMILES string of the molecule is COc1ccc2c(c1)[C@@H]1C=CC[C@@H]1[C@@H](c1cccc(Br)c1)N2. The molecule has 0 bridgehead atoms. The number of methoxy groups -OCH3 is 1. The van der Waals surface area contributed by atoms with Gasteiger partial charge in [-0.1, -0.05) is 40.2 Å². The van der Waals surface area contributed by atoms with E-state index >= 15 is 0 Å². The van der Waals surface area contributed by atoms with Crippen molar-refractivity contribution in [3.05, 3.63) is 70.2 Å². The van der Waals surface area contributed by atoms with Gasteiger partial charge in [0.15, 0.2) is 0 Å². The molecule has 3 heteroatoms. The lowest BCUT2D eigenvalue weighted by Crippen LogP contribution is -2.29. The highest BCUT2D eigenvalue weighted by atomic mass is 79.9. The standard InChI is InChI=1S/C19H18BrNO/c1-22-14-8-9-18-17(11-14)15-6-3-7-16(15)19(21-18)12-4-2-5-13(20)10-12/h2-6,8-11,15-16,19,21H,7H2,1H3/t15-,16+,19-/m1/s1. The molecule has 0 fully saturated rings. The first-order chi connectivity index (χ1) is 10.8. The molecule has 2 aromatic carbocycles. The van der Waals surface area contributed by atoms with Crippen molar-refractivity contribution in [2.75, 3.05) is 12.4 Å². The molecule has 1 N–H and O–H groups in total. The number of anilines is 1. The van der Waals surface area contributed by atoms with Crippen molar-refractivity contribution in [2.45, 2.75) is 18.4 Å². The second-order valence-corrected chi connectivity index (χ2v) is 6.90. The summed E-state index contributed by atoms with van der Waals surface area (Å²) in [5.41, 5.74) is 3.91. The van der Waals surface area contributed by atoms with Crippen molar-refractivity contribution in [3.63, 3.8) is 0 Å². The first-order valence-electron chi connectivity index (χ1n) is 7.63. The van der Waals surface area contributed by atoms with Gasteiger partial charge in [0.1, 0.15) is 5.75 Å². The molecule has 1 heterocycles. The van der Waals surface area contributed by atoms with Crippen molar-refractivity contribution < 1.29 is 4.74 Å². The zero-order valence-corrected chi connectivity index (χ0v) is 14.0. The molecule has 112 valence electrons. The molecule has 22 heavy (non-hydrogen) atoms. The summed E-state index contributed by atoms with van der Waals surface area (Å²) in [4.78, 5) is 0. The van der Waals surface area contributed by atoms with Crippen LogP contribution < -0.4 is 10.1 Å². The number of hydrogen-bond donors (Lipinski definition) is 1. The number of halogens is 1. The molecule has 1 aliphatic heterocycles. The summed E-state index contributed by atoms with van der Waals surface area (Å²) in [6.45, 7) is 0. The van der Waals surface area contributed by atoms with Crippen LogP contribution >= 0.6 is 15.9 Å². The van der Waals surface area contributed by atoms with Gasteiger partial charge in [-0.05, 0) is 53.8 Å². The molecule has 3 atom stereocenters. The number of nitrogens with one attached hydrogen (secondary N) is 1. The molecule has 0 radical (unpaired) electrons. The quantitative estimate of drug-likeness (QED) is 0.739. The van der Waals surface area contributed by atoms with Gasteiger partial charge in [-0.2, -0.15) is 0 Å². The van der Waals surface area contributed by atoms with Crippen LogP contribution in [0, 0.1) is 5.92 Å². The lowest BCUT2D eigenvalue weighted by atomic mass is 9.77. The molecule has 2 nitrogen and oxygen atoms in total. The second kappa shape index (κ2) is 5.47. The summed E-state index contributed by atoms with van der Waals surface area (Å²) in [7, 11) is 1.73. The Morgan fingerprint density at radius 2 is 2.09 bits per heavy atom. The topological polar surface area (TPSA) is 21.3 Å². The molecular formula is C19H18BrNO. The molecule has 0 spiro atoms. The Kier molecular flexibility index (Phi) is 3.45. The number of hydrogen-bond acceptors (Lipinski definition) is 2. The number of allylic oxidation sites excluding steroid dienone is 2. The van der Waals surface area contributed by atoms with Crippen LogP contribution in [-0.4, -0.2) is 7.11 Å². The Labute approximate surface area is 139 Å². The van der Waals surface area contributed by atoms with E-state index in [-0.39, 0.29) is 0 Å². The summed E-state index contributed by atoms with van der Waals surface area (Å²) in [5.74, 6) is 1.96. The average Bonchev–Trinajstić information content (AvgIpc) is 3.03. The molecule has 2 aromatic rings. The third-order valence-electron chi connectivity index (χ3n) is 4.78. The van der Waals surface area contributed by atoms with Gasteiger partial charge in [-0.15, -0.1) is 0 Å². The van der Waals surface area contributed by atoms with Crippen LogP contribution in [0.3, 0.4) is 0 Å². The van der Waals surface area contributed by atoms with Crippen molar-refractivity contribution >= 4 is 21.6 Å². The fraction of sp³-hybridized carbons (Fsp3) is 0.263. The largest absolute Gasteiger partial charge is 0.497 e. The molecule has 0 amide bonds. The molecule has 4 rings (SSSR count). The highest BCUT2D eigenvalue weighted by Crippen LogP contribution is 2.50. The third-order valence-corrected chi connectivity index (χ3v) is 5.27. The van der Waals surface area contributed by atoms with Gasteiger partial charge in [0.05, 0.1) is 13.2 Å². The van der Waals surface area contributed by atoms with E-state index in [0.717, 1.165) is 16.6 Å². The van der Waals surface area contributed by atoms with Gasteiger partial charge in [0.2, 0.25) is 0 Å². The smallest absolute Gasteiger partial charge is 0.119 e. The zero-order valence-electron chi connectivity index (χ0n) is 12.4. The summed E-state index contributed by atoms with van der Waals surface area (Å²) < 4.78 is 6.53. The number of benzene rings is 2. The van der Waals surface area contributed by atoms with E-state index in [1.54, 1.807) is 7.11 Å². The number of rotatable bonds is 2. The zero-order chi connectivity index (χ0) is 15.1. The maximum absolute atomic E-state index is 5.40. The Morgan fingerprint density at radius 3 is 2.91 bits per heavy atom. The Balaban J connectivity index is 1.78. The molecule has 0 saturated carbocycles. The van der Waals surface area contributed by atoms with E-state index in [1.165, 1.54) is 16.8 Å². The van der Waals surface area contributed by atoms with Crippen LogP contribution in [0.15, 0.2) is 59.1 Å². The van der Waals surface area contributed by atoms with Gasteiger partial charge in [0.25, 0.3) is 0 Å². The Hall–Kier alpha value is -1.74. The molecule has 2 aliphatic rings. The van der Waals surface area contributed by atoms with Gasteiger partial charge < -0.3 is 10.1 Å². The normalized spacial score (nSPS) is 25.3. The highest BCUT2D eigenvalue weighted by molar-refractivity contribution is 9.10. The summed E-state index contributed by atoms with van der Waals surface area (Å²) in [6.07, 6.45) is 5.79. The van der Waals surface area contributed by atoms with E-state index in [9.17, 15) is 0 Å². The lowest BCUT2D eigenvalue weighted by molar-refractivity contribution is 0.405. The van der Waals surface area contributed by atoms with E-state index in [4.69, 9.17) is 4.74 Å². The maximum Gasteiger partial charge on any atom is 0.119 e. The number of fused-ring (bicyclic) bond motifs is 3. The summed E-state index contributed by atoms with van der Waals surface area (Å²) in [5, 5.41) is 3.75. The minimum absolute atomic E-state index is 0.346. The minimum atomic E-state index is 0.346. The second-order valence-electron chi connectivity index (χ2n) is 5.98. The third kappa shape index (κ3) is 2.24. The average molecular weight is 356 g/mol. The number of ether oxygens (including phenoxy) is 1. The fourth-order valence-electron chi connectivity index (χ4n) is 3.73. The van der Waals surface area contributed by atoms with Crippen LogP contribution in [-0.2, 0) is 0 Å². The predicted octanol–water partition coefficient (Wildman–Crippen LogP) is 5.28. The molecule has 1 aliphatic carbocycles. The first kappa shape index (κ1) is 13.9. The van der Waals surface area contributed by atoms with Crippen LogP contribution in [0.5, 0.6) is 5.75 Å². The van der Waals surface area contributed by atoms with Gasteiger partial charge >= 0.3 is 0 Å². The van der Waals surface area contributed by atoms with Gasteiger partial charge in [-0.25, -0.2) is 0 Å². The lowest BCUT2D eigenvalue weighted by Gasteiger charge is -2.37. The monoisotopic (exact) mass is 355 g/mol. The minimum Gasteiger partial charge on any atom is -0.497 e. The predicted molar refractivity (Wildman–Crippen MR) is 93.5 cm³/mol. The summed E-state index contributed by atoms with van der Waals surface area (Å²) >= 11 is 3.59. The van der Waals surface area contributed by atoms with Crippen molar-refractivity contribution in [2.24, 2.45) is 5.92 Å². The van der Waals surface area contributed by atoms with Crippen LogP contribution in [0.4, 0.5) is 5.69 Å². The van der Waals surface area contributed by atoms with Gasteiger partial charge in [0, 0.05) is 16.1 Å². The van der Waals surface area contributed by atoms with Crippen LogP contribution in [0.1, 0.15) is 29.5 Å². The van der Waals surface area contributed by atoms with E-state index < -0.39 is 0 Å². The maximum atomic E-state index is 5.40. The first-order valence-corrected chi connectivity index (χ1v) is 8.42.